The zero-order chi connectivity index (χ0) is 48.3. The minimum absolute atomic E-state index is 0.0146. The van der Waals surface area contributed by atoms with Crippen molar-refractivity contribution < 1.29 is 33.5 Å². The molecule has 5 heterocycles. The number of rotatable bonds is 15. The van der Waals surface area contributed by atoms with Crippen molar-refractivity contribution >= 4 is 58.0 Å². The second-order valence-electron chi connectivity index (χ2n) is 17.6. The molecule has 8 rings (SSSR count). The van der Waals surface area contributed by atoms with Crippen LogP contribution in [0.5, 0.6) is 11.5 Å². The van der Waals surface area contributed by atoms with Crippen molar-refractivity contribution in [1.82, 2.24) is 44.7 Å². The highest BCUT2D eigenvalue weighted by Gasteiger charge is 2.47. The summed E-state index contributed by atoms with van der Waals surface area (Å²) in [6.07, 6.45) is 5.09. The first-order chi connectivity index (χ1) is 32.7. The Balaban J connectivity index is 0.850. The van der Waals surface area contributed by atoms with E-state index >= 15 is 0 Å². The number of likely N-dealkylation sites (N-methyl/N-ethyl adjacent to an activating group) is 2. The van der Waals surface area contributed by atoms with Gasteiger partial charge in [-0.15, -0.1) is 0 Å². The van der Waals surface area contributed by atoms with Crippen LogP contribution in [0.3, 0.4) is 0 Å². The number of aromatic nitrogens is 4. The van der Waals surface area contributed by atoms with Crippen LogP contribution in [0.1, 0.15) is 72.7 Å². The lowest BCUT2D eigenvalue weighted by Gasteiger charge is -2.35. The highest BCUT2D eigenvalue weighted by atomic mass is 16.5. The number of piperidine rings is 2. The van der Waals surface area contributed by atoms with Crippen molar-refractivity contribution in [2.45, 2.75) is 63.6 Å². The number of nitrogen functional groups attached to an aromatic ring is 1. The number of nitrogens with one attached hydrogen (secondary N) is 2. The Morgan fingerprint density at radius 2 is 1.74 bits per heavy atom. The van der Waals surface area contributed by atoms with Crippen LogP contribution in [0.25, 0.3) is 22.3 Å². The van der Waals surface area contributed by atoms with Gasteiger partial charge in [-0.3, -0.25) is 43.5 Å². The molecule has 6 amide bonds. The third-order valence-corrected chi connectivity index (χ3v) is 12.8. The van der Waals surface area contributed by atoms with Crippen LogP contribution in [0, 0.1) is 11.3 Å². The van der Waals surface area contributed by atoms with Gasteiger partial charge in [0.2, 0.25) is 11.8 Å². The monoisotopic (exact) mass is 920 g/mol. The molecular weight excluding hydrogens is 869 g/mol. The predicted octanol–water partition coefficient (Wildman–Crippen LogP) is 4.55. The molecular formula is C49H52N12O7. The molecule has 0 aliphatic carbocycles. The molecule has 2 saturated heterocycles. The van der Waals surface area contributed by atoms with Crippen LogP contribution in [0.4, 0.5) is 11.5 Å². The van der Waals surface area contributed by atoms with E-state index in [-0.39, 0.29) is 71.4 Å². The van der Waals surface area contributed by atoms with E-state index in [1.54, 1.807) is 23.1 Å². The Hall–Kier alpha value is -7.98. The van der Waals surface area contributed by atoms with E-state index in [9.17, 15) is 34.0 Å². The zero-order valence-electron chi connectivity index (χ0n) is 38.3. The molecule has 3 aromatic carbocycles. The number of amides is 6. The number of anilines is 2. The molecule has 3 aliphatic heterocycles. The molecule has 2 unspecified atom stereocenters. The van der Waals surface area contributed by atoms with E-state index in [4.69, 9.17) is 15.6 Å². The number of carbonyl (C=O) groups excluding carboxylic acids is 6. The molecule has 2 atom stereocenters. The van der Waals surface area contributed by atoms with Crippen molar-refractivity contribution in [1.29, 1.82) is 5.26 Å². The van der Waals surface area contributed by atoms with Gasteiger partial charge in [-0.05, 0) is 101 Å². The quantitative estimate of drug-likeness (QED) is 0.0565. The van der Waals surface area contributed by atoms with Gasteiger partial charge in [0.25, 0.3) is 23.6 Å². The lowest BCUT2D eigenvalue weighted by Crippen LogP contribution is -2.54. The van der Waals surface area contributed by atoms with Crippen molar-refractivity contribution in [2.75, 3.05) is 57.9 Å². The van der Waals surface area contributed by atoms with Crippen LogP contribution in [-0.2, 0) is 19.2 Å². The first-order valence-electron chi connectivity index (χ1n) is 22.4. The molecule has 4 N–H and O–H groups in total. The van der Waals surface area contributed by atoms with Gasteiger partial charge < -0.3 is 26.0 Å². The summed E-state index contributed by atoms with van der Waals surface area (Å²) in [6.45, 7) is 5.22. The van der Waals surface area contributed by atoms with Gasteiger partial charge in [0.15, 0.2) is 5.65 Å². The maximum absolute atomic E-state index is 14.0. The second kappa shape index (κ2) is 19.5. The standard InChI is InChI=1S/C49H52N12O7/c1-49(2,57(3)23-10-22-52-38(62)27-53-36-15-8-14-35-40(36)48(67)60(46(35)65)37-20-21-39(63)58(4)47(37)66)25-31(26-50)45(64)59-24-9-11-32(28-59)61-44-41(43(51)54-29-55-44)42(56-61)30-16-18-34(19-17-30)68-33-12-6-5-7-13-33/h5-8,12-19,25,29,32,37,53H,9-11,20-24,27-28H2,1-4H3,(H,52,62)(H2,51,54,55). The van der Waals surface area contributed by atoms with Crippen molar-refractivity contribution in [3.8, 4) is 28.8 Å². The van der Waals surface area contributed by atoms with Gasteiger partial charge in [-0.1, -0.05) is 24.3 Å². The highest BCUT2D eigenvalue weighted by Crippen LogP contribution is 2.36. The smallest absolute Gasteiger partial charge is 0.264 e. The summed E-state index contributed by atoms with van der Waals surface area (Å²) < 4.78 is 7.80. The van der Waals surface area contributed by atoms with E-state index in [1.165, 1.54) is 19.4 Å². The number of hydrogen-bond donors (Lipinski definition) is 3. The van der Waals surface area contributed by atoms with Crippen LogP contribution in [0.15, 0.2) is 90.8 Å². The number of nitrogens with zero attached hydrogens (tertiary/aromatic N) is 9. The number of imide groups is 2. The normalized spacial score (nSPS) is 17.7. The highest BCUT2D eigenvalue weighted by molar-refractivity contribution is 6.25. The maximum atomic E-state index is 14.0. The van der Waals surface area contributed by atoms with Crippen LogP contribution >= 0.6 is 0 Å². The number of para-hydroxylation sites is 1. The van der Waals surface area contributed by atoms with E-state index in [2.05, 4.69) is 26.7 Å². The number of carbonyl (C=O) groups is 6. The number of ether oxygens (including phenoxy) is 1. The number of likely N-dealkylation sites (tertiary alicyclic amines) is 2. The summed E-state index contributed by atoms with van der Waals surface area (Å²) in [5.74, 6) is -1.35. The zero-order valence-corrected chi connectivity index (χ0v) is 38.3. The number of fused-ring (bicyclic) bond motifs is 2. The summed E-state index contributed by atoms with van der Waals surface area (Å²) in [7, 11) is 3.21. The molecule has 2 aromatic heterocycles. The van der Waals surface area contributed by atoms with E-state index < -0.39 is 29.3 Å². The molecule has 2 fully saturated rings. The average molecular weight is 921 g/mol. The SMILES string of the molecule is CN1C(=O)CCC(N2C(=O)c3cccc(NCC(=O)NCCCN(C)C(C)(C)C=C(C#N)C(=O)N4CCCC(n5nc(-c6ccc(Oc7ccccc7)cc6)c6c(N)ncnc65)C4)c3C2=O)C1=O. The van der Waals surface area contributed by atoms with Gasteiger partial charge >= 0.3 is 0 Å². The number of nitriles is 1. The Labute approximate surface area is 392 Å². The largest absolute Gasteiger partial charge is 0.457 e. The first kappa shape index (κ1) is 46.5. The van der Waals surface area contributed by atoms with Crippen molar-refractivity contribution in [3.05, 3.63) is 102 Å². The maximum Gasteiger partial charge on any atom is 0.264 e. The molecule has 68 heavy (non-hydrogen) atoms. The summed E-state index contributed by atoms with van der Waals surface area (Å²) >= 11 is 0. The van der Waals surface area contributed by atoms with Crippen molar-refractivity contribution in [2.24, 2.45) is 0 Å². The first-order valence-corrected chi connectivity index (χ1v) is 22.4. The summed E-state index contributed by atoms with van der Waals surface area (Å²) in [6, 6.07) is 22.5. The van der Waals surface area contributed by atoms with Gasteiger partial charge in [0.05, 0.1) is 29.1 Å². The average Bonchev–Trinajstić information content (AvgIpc) is 3.86. The molecule has 0 radical (unpaired) electrons. The van der Waals surface area contributed by atoms with Gasteiger partial charge in [0.1, 0.15) is 47.0 Å². The summed E-state index contributed by atoms with van der Waals surface area (Å²) in [5.41, 5.74) is 8.13. The van der Waals surface area contributed by atoms with Gasteiger partial charge in [-0.2, -0.15) is 10.4 Å². The van der Waals surface area contributed by atoms with E-state index in [0.29, 0.717) is 61.5 Å². The molecule has 19 heteroatoms. The summed E-state index contributed by atoms with van der Waals surface area (Å²) in [4.78, 5) is 93.0. The van der Waals surface area contributed by atoms with E-state index in [0.717, 1.165) is 27.5 Å². The Morgan fingerprint density at radius 1 is 0.985 bits per heavy atom. The molecule has 350 valence electrons. The molecule has 0 spiro atoms. The molecule has 5 aromatic rings. The summed E-state index contributed by atoms with van der Waals surface area (Å²) in [5, 5.41) is 21.7. The third-order valence-electron chi connectivity index (χ3n) is 12.8. The lowest BCUT2D eigenvalue weighted by atomic mass is 9.97. The number of benzene rings is 3. The Kier molecular flexibility index (Phi) is 13.3. The lowest BCUT2D eigenvalue weighted by molar-refractivity contribution is -0.149. The van der Waals surface area contributed by atoms with Gasteiger partial charge in [-0.25, -0.2) is 14.6 Å². The fourth-order valence-corrected chi connectivity index (χ4v) is 8.81. The van der Waals surface area contributed by atoms with Crippen LogP contribution < -0.4 is 21.1 Å². The Bertz CT molecular complexity index is 2870. The van der Waals surface area contributed by atoms with Crippen molar-refractivity contribution in [3.63, 3.8) is 0 Å². The number of hydrogen-bond acceptors (Lipinski definition) is 14. The second-order valence-corrected chi connectivity index (χ2v) is 17.6. The minimum Gasteiger partial charge on any atom is -0.457 e. The predicted molar refractivity (Wildman–Crippen MR) is 251 cm³/mol. The fourth-order valence-electron chi connectivity index (χ4n) is 8.81. The van der Waals surface area contributed by atoms with Crippen LogP contribution in [-0.4, -0.2) is 133 Å². The minimum atomic E-state index is -1.09. The fraction of sp³-hybridized carbons (Fsp3) is 0.347. The molecule has 0 saturated carbocycles. The molecule has 19 nitrogen and oxygen atoms in total. The topological polar surface area (TPSA) is 242 Å². The third kappa shape index (κ3) is 9.35. The van der Waals surface area contributed by atoms with Crippen LogP contribution in [0.2, 0.25) is 0 Å². The van der Waals surface area contributed by atoms with E-state index in [1.807, 2.05) is 85.1 Å². The molecule has 0 bridgehead atoms. The number of nitrogens with two attached hydrogens (primary N) is 1. The van der Waals surface area contributed by atoms with Gasteiger partial charge in [0, 0.05) is 56.4 Å². The molecule has 3 aliphatic rings. The Morgan fingerprint density at radius 3 is 2.49 bits per heavy atom.